The zero-order chi connectivity index (χ0) is 14.1. The van der Waals surface area contributed by atoms with E-state index in [1.807, 2.05) is 0 Å². The van der Waals surface area contributed by atoms with E-state index in [1.54, 1.807) is 45.9 Å². The van der Waals surface area contributed by atoms with Gasteiger partial charge in [0.2, 0.25) is 0 Å². The van der Waals surface area contributed by atoms with Crippen molar-refractivity contribution in [3.05, 3.63) is 23.8 Å². The van der Waals surface area contributed by atoms with Crippen LogP contribution in [0.2, 0.25) is 0 Å². The lowest BCUT2D eigenvalue weighted by atomic mass is 9.85. The van der Waals surface area contributed by atoms with Crippen LogP contribution >= 0.6 is 0 Å². The van der Waals surface area contributed by atoms with Gasteiger partial charge in [-0.25, -0.2) is 0 Å². The summed E-state index contributed by atoms with van der Waals surface area (Å²) in [5.41, 5.74) is 10.7. The van der Waals surface area contributed by atoms with Crippen LogP contribution in [-0.4, -0.2) is 22.2 Å². The van der Waals surface area contributed by atoms with E-state index in [0.717, 1.165) is 0 Å². The van der Waals surface area contributed by atoms with Gasteiger partial charge in [0.1, 0.15) is 0 Å². The zero-order valence-corrected chi connectivity index (χ0v) is 11.2. The molecule has 0 bridgehead atoms. The molecule has 0 aromatic heterocycles. The number of aliphatic hydroxyl groups is 1. The summed E-state index contributed by atoms with van der Waals surface area (Å²) in [5.74, 6) is -0.318. The molecule has 100 valence electrons. The fourth-order valence-electron chi connectivity index (χ4n) is 1.32. The minimum Gasteiger partial charge on any atom is -0.399 e. The highest BCUT2D eigenvalue weighted by Crippen LogP contribution is 2.22. The summed E-state index contributed by atoms with van der Waals surface area (Å²) in [6, 6.07) is 4.68. The Morgan fingerprint density at radius 1 is 1.11 bits per heavy atom. The number of nitrogen functional groups attached to an aromatic ring is 2. The van der Waals surface area contributed by atoms with Crippen LogP contribution in [0.3, 0.4) is 0 Å². The van der Waals surface area contributed by atoms with Crippen molar-refractivity contribution < 1.29 is 9.90 Å². The van der Waals surface area contributed by atoms with Crippen LogP contribution in [0.5, 0.6) is 0 Å². The Morgan fingerprint density at radius 2 is 1.56 bits per heavy atom. The van der Waals surface area contributed by atoms with Crippen LogP contribution in [0, 0.1) is 0 Å². The first-order valence-corrected chi connectivity index (χ1v) is 5.74. The van der Waals surface area contributed by atoms with E-state index < -0.39 is 11.1 Å². The molecule has 0 radical (unpaired) electrons. The summed E-state index contributed by atoms with van der Waals surface area (Å²) in [4.78, 5) is 12.1. The monoisotopic (exact) mass is 251 g/mol. The van der Waals surface area contributed by atoms with Crippen LogP contribution in [0.1, 0.15) is 38.1 Å². The molecule has 1 aromatic rings. The average Bonchev–Trinajstić information content (AvgIpc) is 2.13. The van der Waals surface area contributed by atoms with Crippen molar-refractivity contribution in [1.82, 2.24) is 5.32 Å². The number of rotatable bonds is 3. The minimum atomic E-state index is -1.05. The van der Waals surface area contributed by atoms with Crippen LogP contribution in [-0.2, 0) is 0 Å². The molecule has 5 nitrogen and oxygen atoms in total. The number of benzene rings is 1. The molecule has 0 saturated carbocycles. The van der Waals surface area contributed by atoms with Gasteiger partial charge in [-0.1, -0.05) is 0 Å². The van der Waals surface area contributed by atoms with E-state index in [4.69, 9.17) is 11.5 Å². The maximum absolute atomic E-state index is 12.1. The van der Waals surface area contributed by atoms with E-state index in [1.165, 1.54) is 0 Å². The van der Waals surface area contributed by atoms with Crippen molar-refractivity contribution in [3.63, 3.8) is 0 Å². The fourth-order valence-corrected chi connectivity index (χ4v) is 1.32. The van der Waals surface area contributed by atoms with E-state index in [0.29, 0.717) is 16.9 Å². The second-order valence-electron chi connectivity index (χ2n) is 5.53. The minimum absolute atomic E-state index is 0.318. The first kappa shape index (κ1) is 14.3. The van der Waals surface area contributed by atoms with Gasteiger partial charge in [-0.3, -0.25) is 4.79 Å². The lowest BCUT2D eigenvalue weighted by molar-refractivity contribution is -0.00292. The van der Waals surface area contributed by atoms with Gasteiger partial charge in [-0.15, -0.1) is 0 Å². The van der Waals surface area contributed by atoms with Crippen LogP contribution in [0.25, 0.3) is 0 Å². The molecule has 0 saturated heterocycles. The molecule has 0 fully saturated rings. The van der Waals surface area contributed by atoms with Gasteiger partial charge in [-0.2, -0.15) is 0 Å². The number of amides is 1. The lowest BCUT2D eigenvalue weighted by Crippen LogP contribution is -2.57. The SMILES string of the molecule is CC(C)(O)C(C)(C)NC(=O)c1cc(N)cc(N)c1. The van der Waals surface area contributed by atoms with Gasteiger partial charge in [0, 0.05) is 16.9 Å². The highest BCUT2D eigenvalue weighted by atomic mass is 16.3. The van der Waals surface area contributed by atoms with Crippen molar-refractivity contribution >= 4 is 17.3 Å². The molecule has 0 aliphatic rings. The molecule has 0 atom stereocenters. The van der Waals surface area contributed by atoms with E-state index in [2.05, 4.69) is 5.32 Å². The number of carbonyl (C=O) groups excluding carboxylic acids is 1. The topological polar surface area (TPSA) is 101 Å². The van der Waals surface area contributed by atoms with Crippen molar-refractivity contribution in [2.45, 2.75) is 38.8 Å². The molecule has 0 aliphatic heterocycles. The summed E-state index contributed by atoms with van der Waals surface area (Å²) in [7, 11) is 0. The molecule has 5 heteroatoms. The van der Waals surface area contributed by atoms with E-state index in [9.17, 15) is 9.90 Å². The van der Waals surface area contributed by atoms with Crippen LogP contribution in [0.15, 0.2) is 18.2 Å². The Labute approximate surface area is 107 Å². The summed E-state index contributed by atoms with van der Waals surface area (Å²) in [5, 5.41) is 12.8. The highest BCUT2D eigenvalue weighted by molar-refractivity contribution is 5.96. The third kappa shape index (κ3) is 3.13. The van der Waals surface area contributed by atoms with Gasteiger partial charge in [0.05, 0.1) is 11.1 Å². The number of nitrogens with one attached hydrogen (secondary N) is 1. The zero-order valence-electron chi connectivity index (χ0n) is 11.2. The van der Waals surface area contributed by atoms with Crippen molar-refractivity contribution in [2.24, 2.45) is 0 Å². The molecule has 1 aromatic carbocycles. The summed E-state index contributed by atoms with van der Waals surface area (Å²) >= 11 is 0. The van der Waals surface area contributed by atoms with Gasteiger partial charge in [-0.05, 0) is 45.9 Å². The Morgan fingerprint density at radius 3 is 1.94 bits per heavy atom. The Bertz CT molecular complexity index is 442. The number of hydrogen-bond donors (Lipinski definition) is 4. The summed E-state index contributed by atoms with van der Waals surface area (Å²) in [6.45, 7) is 6.78. The summed E-state index contributed by atoms with van der Waals surface area (Å²) < 4.78 is 0. The predicted octanol–water partition coefficient (Wildman–Crippen LogP) is 1.13. The Balaban J connectivity index is 2.96. The first-order chi connectivity index (χ1) is 8.03. The van der Waals surface area contributed by atoms with E-state index in [-0.39, 0.29) is 5.91 Å². The molecule has 0 heterocycles. The lowest BCUT2D eigenvalue weighted by Gasteiger charge is -2.38. The normalized spacial score (nSPS) is 12.3. The number of nitrogens with two attached hydrogens (primary N) is 2. The molecular weight excluding hydrogens is 230 g/mol. The third-order valence-corrected chi connectivity index (χ3v) is 3.20. The molecule has 0 spiro atoms. The molecule has 0 unspecified atom stereocenters. The number of anilines is 2. The largest absolute Gasteiger partial charge is 0.399 e. The molecule has 6 N–H and O–H groups in total. The molecule has 18 heavy (non-hydrogen) atoms. The van der Waals surface area contributed by atoms with Gasteiger partial charge in [0.15, 0.2) is 0 Å². The van der Waals surface area contributed by atoms with Crippen LogP contribution < -0.4 is 16.8 Å². The Hall–Kier alpha value is -1.75. The second kappa shape index (κ2) is 4.49. The smallest absolute Gasteiger partial charge is 0.251 e. The maximum atomic E-state index is 12.1. The number of hydrogen-bond acceptors (Lipinski definition) is 4. The van der Waals surface area contributed by atoms with E-state index >= 15 is 0 Å². The van der Waals surface area contributed by atoms with Gasteiger partial charge >= 0.3 is 0 Å². The predicted molar refractivity (Wildman–Crippen MR) is 73.1 cm³/mol. The fraction of sp³-hybridized carbons (Fsp3) is 0.462. The molecule has 1 amide bonds. The molecule has 0 aliphatic carbocycles. The van der Waals surface area contributed by atoms with Gasteiger partial charge < -0.3 is 21.9 Å². The van der Waals surface area contributed by atoms with Crippen LogP contribution in [0.4, 0.5) is 11.4 Å². The standard InChI is InChI=1S/C13H21N3O2/c1-12(2,13(3,4)18)16-11(17)8-5-9(14)7-10(15)6-8/h5-7,18H,14-15H2,1-4H3,(H,16,17). The number of carbonyl (C=O) groups is 1. The molecule has 1 rings (SSSR count). The summed E-state index contributed by atoms with van der Waals surface area (Å²) in [6.07, 6.45) is 0. The first-order valence-electron chi connectivity index (χ1n) is 5.74. The average molecular weight is 251 g/mol. The van der Waals surface area contributed by atoms with Crippen molar-refractivity contribution in [3.8, 4) is 0 Å². The molecular formula is C13H21N3O2. The maximum Gasteiger partial charge on any atom is 0.251 e. The third-order valence-electron chi connectivity index (χ3n) is 3.20. The van der Waals surface area contributed by atoms with Crippen molar-refractivity contribution in [1.29, 1.82) is 0 Å². The Kier molecular flexibility index (Phi) is 3.57. The highest BCUT2D eigenvalue weighted by Gasteiger charge is 2.36. The second-order valence-corrected chi connectivity index (χ2v) is 5.53. The quantitative estimate of drug-likeness (QED) is 0.605. The van der Waals surface area contributed by atoms with Gasteiger partial charge in [0.25, 0.3) is 5.91 Å². The van der Waals surface area contributed by atoms with Crippen molar-refractivity contribution in [2.75, 3.05) is 11.5 Å².